The number of H-pyrrole nitrogens is 1. The number of rotatable bonds is 7. The van der Waals surface area contributed by atoms with E-state index in [1.165, 1.54) is 5.56 Å². The molecule has 0 saturated heterocycles. The van der Waals surface area contributed by atoms with Crippen molar-refractivity contribution in [2.45, 2.75) is 12.5 Å². The molecule has 0 aliphatic heterocycles. The lowest BCUT2D eigenvalue weighted by Gasteiger charge is -2.12. The number of aromatic amines is 1. The van der Waals surface area contributed by atoms with Crippen molar-refractivity contribution in [1.29, 1.82) is 0 Å². The summed E-state index contributed by atoms with van der Waals surface area (Å²) in [6.45, 7) is 1.20. The molecule has 6 heteroatoms. The lowest BCUT2D eigenvalue weighted by atomic mass is 10.1. The van der Waals surface area contributed by atoms with E-state index in [1.54, 1.807) is 19.2 Å². The topological polar surface area (TPSA) is 77.2 Å². The van der Waals surface area contributed by atoms with Gasteiger partial charge >= 0.3 is 0 Å². The molecule has 1 heterocycles. The summed E-state index contributed by atoms with van der Waals surface area (Å²) in [5.74, 6) is -0.0975. The maximum atomic E-state index is 11.7. The number of aliphatic hydroxyl groups excluding tert-OH is 1. The molecule has 0 bridgehead atoms. The van der Waals surface area contributed by atoms with Crippen molar-refractivity contribution in [2.75, 3.05) is 20.1 Å². The SMILES string of the molecule is CNC(=O)c1ccc2c(CCNCC(O)c3cccc(Cl)c3)c[nH]c2c1. The number of amides is 1. The molecule has 1 atom stereocenters. The van der Waals surface area contributed by atoms with Gasteiger partial charge in [-0.05, 0) is 48.4 Å². The van der Waals surface area contributed by atoms with E-state index in [2.05, 4.69) is 15.6 Å². The van der Waals surface area contributed by atoms with E-state index < -0.39 is 6.10 Å². The van der Waals surface area contributed by atoms with Crippen LogP contribution in [0.3, 0.4) is 0 Å². The Morgan fingerprint density at radius 2 is 2.12 bits per heavy atom. The van der Waals surface area contributed by atoms with Crippen LogP contribution in [0.25, 0.3) is 10.9 Å². The third kappa shape index (κ3) is 4.25. The number of hydrogen-bond donors (Lipinski definition) is 4. The quantitative estimate of drug-likeness (QED) is 0.482. The molecule has 1 unspecified atom stereocenters. The van der Waals surface area contributed by atoms with Crippen LogP contribution in [0, 0.1) is 0 Å². The van der Waals surface area contributed by atoms with Gasteiger partial charge in [0, 0.05) is 41.3 Å². The first kappa shape index (κ1) is 18.5. The second-order valence-corrected chi connectivity index (χ2v) is 6.61. The maximum absolute atomic E-state index is 11.7. The lowest BCUT2D eigenvalue weighted by Crippen LogP contribution is -2.23. The molecule has 0 saturated carbocycles. The zero-order valence-electron chi connectivity index (χ0n) is 14.6. The highest BCUT2D eigenvalue weighted by Crippen LogP contribution is 2.20. The van der Waals surface area contributed by atoms with Crippen LogP contribution in [-0.4, -0.2) is 36.1 Å². The van der Waals surface area contributed by atoms with Gasteiger partial charge in [-0.1, -0.05) is 29.8 Å². The minimum Gasteiger partial charge on any atom is -0.387 e. The number of hydrogen-bond acceptors (Lipinski definition) is 3. The average molecular weight is 372 g/mol. The molecule has 2 aromatic carbocycles. The van der Waals surface area contributed by atoms with Gasteiger partial charge in [-0.15, -0.1) is 0 Å². The molecule has 3 aromatic rings. The highest BCUT2D eigenvalue weighted by atomic mass is 35.5. The summed E-state index contributed by atoms with van der Waals surface area (Å²) in [5, 5.41) is 17.8. The van der Waals surface area contributed by atoms with Crippen molar-refractivity contribution in [2.24, 2.45) is 0 Å². The monoisotopic (exact) mass is 371 g/mol. The molecule has 4 N–H and O–H groups in total. The van der Waals surface area contributed by atoms with E-state index in [0.29, 0.717) is 17.1 Å². The van der Waals surface area contributed by atoms with Crippen LogP contribution in [0.1, 0.15) is 27.6 Å². The Kier molecular flexibility index (Phi) is 5.93. The summed E-state index contributed by atoms with van der Waals surface area (Å²) >= 11 is 5.95. The van der Waals surface area contributed by atoms with Gasteiger partial charge < -0.3 is 20.7 Å². The van der Waals surface area contributed by atoms with Crippen molar-refractivity contribution in [3.63, 3.8) is 0 Å². The van der Waals surface area contributed by atoms with Crippen LogP contribution in [-0.2, 0) is 6.42 Å². The fraction of sp³-hybridized carbons (Fsp3) is 0.250. The number of halogens is 1. The van der Waals surface area contributed by atoms with Crippen LogP contribution in [0.4, 0.5) is 0 Å². The second-order valence-electron chi connectivity index (χ2n) is 6.18. The van der Waals surface area contributed by atoms with E-state index in [4.69, 9.17) is 11.6 Å². The maximum Gasteiger partial charge on any atom is 0.251 e. The minimum absolute atomic E-state index is 0.0975. The normalized spacial score (nSPS) is 12.3. The Morgan fingerprint density at radius 1 is 1.27 bits per heavy atom. The van der Waals surface area contributed by atoms with Crippen LogP contribution < -0.4 is 10.6 Å². The molecule has 0 aliphatic carbocycles. The zero-order chi connectivity index (χ0) is 18.5. The number of benzene rings is 2. The number of fused-ring (bicyclic) bond motifs is 1. The highest BCUT2D eigenvalue weighted by molar-refractivity contribution is 6.30. The second kappa shape index (κ2) is 8.36. The zero-order valence-corrected chi connectivity index (χ0v) is 15.3. The average Bonchev–Trinajstić information content (AvgIpc) is 3.06. The van der Waals surface area contributed by atoms with Crippen LogP contribution >= 0.6 is 11.6 Å². The first-order valence-electron chi connectivity index (χ1n) is 8.55. The van der Waals surface area contributed by atoms with Gasteiger partial charge in [0.05, 0.1) is 6.10 Å². The Balaban J connectivity index is 1.56. The number of carbonyl (C=O) groups is 1. The first-order valence-corrected chi connectivity index (χ1v) is 8.92. The predicted octanol–water partition coefficient (Wildman–Crippen LogP) is 3.05. The molecule has 26 heavy (non-hydrogen) atoms. The van der Waals surface area contributed by atoms with Crippen LogP contribution in [0.15, 0.2) is 48.7 Å². The molecular formula is C20H22ClN3O2. The summed E-state index contributed by atoms with van der Waals surface area (Å²) in [7, 11) is 1.62. The summed E-state index contributed by atoms with van der Waals surface area (Å²) in [5.41, 5.74) is 3.56. The Hall–Kier alpha value is -2.34. The van der Waals surface area contributed by atoms with Crippen molar-refractivity contribution in [3.8, 4) is 0 Å². The van der Waals surface area contributed by atoms with Crippen LogP contribution in [0.2, 0.25) is 5.02 Å². The van der Waals surface area contributed by atoms with Gasteiger partial charge in [-0.3, -0.25) is 4.79 Å². The number of carbonyl (C=O) groups excluding carboxylic acids is 1. The smallest absolute Gasteiger partial charge is 0.251 e. The summed E-state index contributed by atoms with van der Waals surface area (Å²) < 4.78 is 0. The van der Waals surface area contributed by atoms with E-state index in [0.717, 1.165) is 29.4 Å². The Morgan fingerprint density at radius 3 is 2.88 bits per heavy atom. The molecule has 0 radical (unpaired) electrons. The predicted molar refractivity (Wildman–Crippen MR) is 105 cm³/mol. The number of aromatic nitrogens is 1. The molecule has 5 nitrogen and oxygen atoms in total. The fourth-order valence-electron chi connectivity index (χ4n) is 2.97. The lowest BCUT2D eigenvalue weighted by molar-refractivity contribution is 0.0963. The molecular weight excluding hydrogens is 350 g/mol. The van der Waals surface area contributed by atoms with E-state index >= 15 is 0 Å². The molecule has 0 spiro atoms. The molecule has 1 amide bonds. The van der Waals surface area contributed by atoms with Crippen LogP contribution in [0.5, 0.6) is 0 Å². The summed E-state index contributed by atoms with van der Waals surface area (Å²) in [6, 6.07) is 12.9. The van der Waals surface area contributed by atoms with Gasteiger partial charge in [0.1, 0.15) is 0 Å². The van der Waals surface area contributed by atoms with Gasteiger partial charge in [0.15, 0.2) is 0 Å². The van der Waals surface area contributed by atoms with E-state index in [1.807, 2.05) is 36.5 Å². The molecule has 0 fully saturated rings. The summed E-state index contributed by atoms with van der Waals surface area (Å²) in [4.78, 5) is 14.9. The third-order valence-corrected chi connectivity index (χ3v) is 4.63. The fourth-order valence-corrected chi connectivity index (χ4v) is 3.17. The number of aliphatic hydroxyl groups is 1. The van der Waals surface area contributed by atoms with Crippen molar-refractivity contribution in [3.05, 3.63) is 70.4 Å². The number of nitrogens with one attached hydrogen (secondary N) is 3. The Labute approximate surface area is 157 Å². The Bertz CT molecular complexity index is 907. The van der Waals surface area contributed by atoms with Crippen molar-refractivity contribution < 1.29 is 9.90 Å². The molecule has 0 aliphatic rings. The largest absolute Gasteiger partial charge is 0.387 e. The van der Waals surface area contributed by atoms with Gasteiger partial charge in [0.25, 0.3) is 5.91 Å². The third-order valence-electron chi connectivity index (χ3n) is 4.40. The van der Waals surface area contributed by atoms with Crippen molar-refractivity contribution >= 4 is 28.4 Å². The molecule has 3 rings (SSSR count). The molecule has 136 valence electrons. The standard InChI is InChI=1S/C20H22ClN3O2/c1-22-20(26)14-5-6-17-15(11-24-18(17)10-14)7-8-23-12-19(25)13-3-2-4-16(21)9-13/h2-6,9-11,19,23-25H,7-8,12H2,1H3,(H,22,26). The van der Waals surface area contributed by atoms with Gasteiger partial charge in [-0.2, -0.15) is 0 Å². The van der Waals surface area contributed by atoms with E-state index in [9.17, 15) is 9.90 Å². The van der Waals surface area contributed by atoms with E-state index in [-0.39, 0.29) is 5.91 Å². The van der Waals surface area contributed by atoms with Gasteiger partial charge in [-0.25, -0.2) is 0 Å². The first-order chi connectivity index (χ1) is 12.6. The minimum atomic E-state index is -0.591. The highest BCUT2D eigenvalue weighted by Gasteiger charge is 2.10. The summed E-state index contributed by atoms with van der Waals surface area (Å²) in [6.07, 6.45) is 2.20. The van der Waals surface area contributed by atoms with Crippen molar-refractivity contribution in [1.82, 2.24) is 15.6 Å². The molecule has 1 aromatic heterocycles. The van der Waals surface area contributed by atoms with Gasteiger partial charge in [0.2, 0.25) is 0 Å².